The second-order valence-electron chi connectivity index (χ2n) is 4.81. The van der Waals surface area contributed by atoms with Crippen molar-refractivity contribution in [1.29, 1.82) is 0 Å². The van der Waals surface area contributed by atoms with Gasteiger partial charge in [0.1, 0.15) is 5.82 Å². The molecule has 0 saturated carbocycles. The monoisotopic (exact) mass is 244 g/mol. The van der Waals surface area contributed by atoms with Gasteiger partial charge in [0.25, 0.3) is 5.56 Å². The fraction of sp³-hybridized carbons (Fsp3) is 0.385. The topological polar surface area (TPSA) is 62.7 Å². The molecule has 0 fully saturated rings. The molecule has 1 aliphatic rings. The summed E-state index contributed by atoms with van der Waals surface area (Å²) < 4.78 is 1.69. The number of hydrogen-bond acceptors (Lipinski definition) is 3. The minimum Gasteiger partial charge on any atom is -0.369 e. The van der Waals surface area contributed by atoms with Crippen LogP contribution in [0.15, 0.2) is 23.1 Å². The van der Waals surface area contributed by atoms with E-state index in [2.05, 4.69) is 15.4 Å². The van der Waals surface area contributed by atoms with Crippen LogP contribution in [0.4, 0.5) is 5.82 Å². The Morgan fingerprint density at radius 1 is 1.44 bits per heavy atom. The summed E-state index contributed by atoms with van der Waals surface area (Å²) in [4.78, 5) is 16.6. The highest BCUT2D eigenvalue weighted by atomic mass is 16.1. The average Bonchev–Trinajstić information content (AvgIpc) is 2.57. The highest BCUT2D eigenvalue weighted by molar-refractivity contribution is 5.75. The normalized spacial score (nSPS) is 13.7. The van der Waals surface area contributed by atoms with E-state index in [4.69, 9.17) is 0 Å². The second-order valence-corrected chi connectivity index (χ2v) is 4.81. The Kier molecular flexibility index (Phi) is 2.47. The molecule has 0 aliphatic carbocycles. The van der Waals surface area contributed by atoms with Crippen molar-refractivity contribution >= 4 is 5.82 Å². The second kappa shape index (κ2) is 4.01. The molecule has 0 saturated heterocycles. The standard InChI is InChI=1S/C13H16N4O/c1-8(2)17-13(18)10-5-7-15-12-9(11(10)16-17)4-3-6-14-12/h3-4,6,8,16H,5,7H2,1-2H3,(H,14,15). The maximum Gasteiger partial charge on any atom is 0.270 e. The number of aromatic nitrogens is 3. The number of aromatic amines is 1. The van der Waals surface area contributed by atoms with Crippen molar-refractivity contribution < 1.29 is 0 Å². The van der Waals surface area contributed by atoms with Gasteiger partial charge in [0.2, 0.25) is 0 Å². The summed E-state index contributed by atoms with van der Waals surface area (Å²) in [6, 6.07) is 4.01. The maximum absolute atomic E-state index is 12.3. The number of H-pyrrole nitrogens is 1. The van der Waals surface area contributed by atoms with Gasteiger partial charge in [-0.15, -0.1) is 0 Å². The van der Waals surface area contributed by atoms with Gasteiger partial charge in [-0.05, 0) is 32.4 Å². The van der Waals surface area contributed by atoms with E-state index in [-0.39, 0.29) is 11.6 Å². The van der Waals surface area contributed by atoms with E-state index in [1.54, 1.807) is 10.9 Å². The van der Waals surface area contributed by atoms with Crippen molar-refractivity contribution in [2.45, 2.75) is 26.3 Å². The molecular weight excluding hydrogens is 228 g/mol. The van der Waals surface area contributed by atoms with Crippen LogP contribution >= 0.6 is 0 Å². The molecule has 3 heterocycles. The minimum atomic E-state index is 0.0819. The lowest BCUT2D eigenvalue weighted by Crippen LogP contribution is -2.22. The summed E-state index contributed by atoms with van der Waals surface area (Å²) >= 11 is 0. The van der Waals surface area contributed by atoms with Crippen molar-refractivity contribution in [2.75, 3.05) is 11.9 Å². The van der Waals surface area contributed by atoms with E-state index in [1.165, 1.54) is 0 Å². The van der Waals surface area contributed by atoms with Gasteiger partial charge in [-0.2, -0.15) is 0 Å². The molecule has 5 nitrogen and oxygen atoms in total. The van der Waals surface area contributed by atoms with Gasteiger partial charge in [0, 0.05) is 29.9 Å². The van der Waals surface area contributed by atoms with E-state index in [9.17, 15) is 4.79 Å². The number of fused-ring (bicyclic) bond motifs is 3. The molecule has 0 radical (unpaired) electrons. The summed E-state index contributed by atoms with van der Waals surface area (Å²) in [5.41, 5.74) is 2.81. The molecule has 18 heavy (non-hydrogen) atoms. The number of nitrogens with zero attached hydrogens (tertiary/aromatic N) is 2. The average molecular weight is 244 g/mol. The highest BCUT2D eigenvalue weighted by Gasteiger charge is 2.21. The van der Waals surface area contributed by atoms with Crippen LogP contribution < -0.4 is 10.9 Å². The predicted molar refractivity (Wildman–Crippen MR) is 70.9 cm³/mol. The molecule has 2 aromatic rings. The molecule has 2 aromatic heterocycles. The van der Waals surface area contributed by atoms with Gasteiger partial charge in [0.15, 0.2) is 0 Å². The first-order valence-electron chi connectivity index (χ1n) is 6.21. The summed E-state index contributed by atoms with van der Waals surface area (Å²) in [6.07, 6.45) is 2.48. The van der Waals surface area contributed by atoms with Crippen LogP contribution in [0.2, 0.25) is 0 Å². The summed E-state index contributed by atoms with van der Waals surface area (Å²) in [6.45, 7) is 4.74. The zero-order valence-electron chi connectivity index (χ0n) is 10.5. The summed E-state index contributed by atoms with van der Waals surface area (Å²) in [5.74, 6) is 0.841. The Labute approximate surface area is 105 Å². The molecule has 0 spiro atoms. The molecule has 0 amide bonds. The number of rotatable bonds is 1. The molecular formula is C13H16N4O. The third-order valence-electron chi connectivity index (χ3n) is 3.27. The van der Waals surface area contributed by atoms with E-state index in [1.807, 2.05) is 26.0 Å². The van der Waals surface area contributed by atoms with Crippen LogP contribution in [-0.2, 0) is 6.42 Å². The predicted octanol–water partition coefficient (Wildman–Crippen LogP) is 1.79. The molecule has 2 N–H and O–H groups in total. The SMILES string of the molecule is CC(C)n1[nH]c2c(c1=O)CCNc1ncccc1-2. The van der Waals surface area contributed by atoms with Crippen molar-refractivity contribution in [3.8, 4) is 11.3 Å². The molecule has 94 valence electrons. The van der Waals surface area contributed by atoms with E-state index < -0.39 is 0 Å². The Bertz CT molecular complexity index is 639. The van der Waals surface area contributed by atoms with Gasteiger partial charge < -0.3 is 5.32 Å². The maximum atomic E-state index is 12.3. The number of pyridine rings is 1. The number of nitrogens with one attached hydrogen (secondary N) is 2. The van der Waals surface area contributed by atoms with Crippen LogP contribution in [0, 0.1) is 0 Å². The van der Waals surface area contributed by atoms with Gasteiger partial charge in [0.05, 0.1) is 5.69 Å². The quantitative estimate of drug-likeness (QED) is 0.804. The third-order valence-corrected chi connectivity index (χ3v) is 3.27. The fourth-order valence-corrected chi connectivity index (χ4v) is 2.36. The first-order chi connectivity index (χ1) is 8.68. The summed E-state index contributed by atoms with van der Waals surface area (Å²) in [5, 5.41) is 6.48. The lowest BCUT2D eigenvalue weighted by Gasteiger charge is -2.07. The lowest BCUT2D eigenvalue weighted by atomic mass is 10.1. The molecule has 0 aromatic carbocycles. The van der Waals surface area contributed by atoms with Gasteiger partial charge in [-0.3, -0.25) is 9.89 Å². The number of anilines is 1. The Hall–Kier alpha value is -2.04. The van der Waals surface area contributed by atoms with Crippen molar-refractivity contribution in [3.05, 3.63) is 34.2 Å². The van der Waals surface area contributed by atoms with Gasteiger partial charge >= 0.3 is 0 Å². The largest absolute Gasteiger partial charge is 0.369 e. The zero-order valence-corrected chi connectivity index (χ0v) is 10.5. The molecule has 0 atom stereocenters. The fourth-order valence-electron chi connectivity index (χ4n) is 2.36. The first kappa shape index (κ1) is 11.1. The van der Waals surface area contributed by atoms with Gasteiger partial charge in [-0.1, -0.05) is 0 Å². The summed E-state index contributed by atoms with van der Waals surface area (Å²) in [7, 11) is 0. The van der Waals surface area contributed by atoms with E-state index in [0.29, 0.717) is 0 Å². The van der Waals surface area contributed by atoms with E-state index >= 15 is 0 Å². The lowest BCUT2D eigenvalue weighted by molar-refractivity contribution is 0.517. The molecule has 0 unspecified atom stereocenters. The van der Waals surface area contributed by atoms with Crippen LogP contribution in [0.3, 0.4) is 0 Å². The smallest absolute Gasteiger partial charge is 0.270 e. The Balaban J connectivity index is 2.28. The van der Waals surface area contributed by atoms with Gasteiger partial charge in [-0.25, -0.2) is 9.67 Å². The van der Waals surface area contributed by atoms with E-state index in [0.717, 1.165) is 35.6 Å². The molecule has 3 rings (SSSR count). The van der Waals surface area contributed by atoms with Crippen LogP contribution in [0.5, 0.6) is 0 Å². The molecule has 0 bridgehead atoms. The zero-order chi connectivity index (χ0) is 12.7. The Morgan fingerprint density at radius 2 is 2.28 bits per heavy atom. The van der Waals surface area contributed by atoms with Crippen molar-refractivity contribution in [3.63, 3.8) is 0 Å². The molecule has 5 heteroatoms. The van der Waals surface area contributed by atoms with Crippen LogP contribution in [0.25, 0.3) is 11.3 Å². The van der Waals surface area contributed by atoms with Crippen molar-refractivity contribution in [1.82, 2.24) is 14.8 Å². The first-order valence-corrected chi connectivity index (χ1v) is 6.21. The van der Waals surface area contributed by atoms with Crippen LogP contribution in [0.1, 0.15) is 25.5 Å². The van der Waals surface area contributed by atoms with Crippen LogP contribution in [-0.4, -0.2) is 21.3 Å². The Morgan fingerprint density at radius 3 is 3.06 bits per heavy atom. The highest BCUT2D eigenvalue weighted by Crippen LogP contribution is 2.29. The third kappa shape index (κ3) is 1.54. The minimum absolute atomic E-state index is 0.0819. The molecule has 1 aliphatic heterocycles. The number of hydrogen-bond donors (Lipinski definition) is 2. The van der Waals surface area contributed by atoms with Crippen molar-refractivity contribution in [2.24, 2.45) is 0 Å².